The number of benzene rings is 2. The molecule has 0 bridgehead atoms. The zero-order valence-electron chi connectivity index (χ0n) is 9.62. The third kappa shape index (κ3) is 2.74. The molecule has 1 atom stereocenters. The van der Waals surface area contributed by atoms with Crippen molar-refractivity contribution in [2.75, 3.05) is 0 Å². The van der Waals surface area contributed by atoms with Gasteiger partial charge in [-0.2, -0.15) is 0 Å². The third-order valence-corrected chi connectivity index (χ3v) is 3.52. The number of hydrogen-bond donors (Lipinski definition) is 1. The lowest BCUT2D eigenvalue weighted by atomic mass is 9.97. The van der Waals surface area contributed by atoms with Gasteiger partial charge in [0.05, 0.1) is 0 Å². The minimum Gasteiger partial charge on any atom is -0.384 e. The van der Waals surface area contributed by atoms with E-state index in [2.05, 4.69) is 15.9 Å². The molecule has 1 N–H and O–H groups in total. The summed E-state index contributed by atoms with van der Waals surface area (Å²) in [5.41, 5.74) is 1.80. The molecule has 0 aliphatic rings. The second-order valence-corrected chi connectivity index (χ2v) is 5.42. The summed E-state index contributed by atoms with van der Waals surface area (Å²) in [6, 6.07) is 9.81. The van der Waals surface area contributed by atoms with Gasteiger partial charge >= 0.3 is 0 Å². The number of halogens is 3. The Bertz CT molecular complexity index is 586. The molecular formula is C14H11BrClFO. The van der Waals surface area contributed by atoms with Crippen molar-refractivity contribution in [2.24, 2.45) is 0 Å². The number of hydrogen-bond acceptors (Lipinski definition) is 1. The van der Waals surface area contributed by atoms with Crippen LogP contribution in [0.25, 0.3) is 0 Å². The Kier molecular flexibility index (Phi) is 4.05. The SMILES string of the molecule is Cc1ccc(Br)cc1C(O)c1ccc(Cl)cc1F. The van der Waals surface area contributed by atoms with Crippen LogP contribution >= 0.6 is 27.5 Å². The number of aliphatic hydroxyl groups excluding tert-OH is 1. The van der Waals surface area contributed by atoms with Crippen LogP contribution in [-0.4, -0.2) is 5.11 Å². The molecule has 2 aromatic rings. The number of rotatable bonds is 2. The van der Waals surface area contributed by atoms with Crippen LogP contribution in [0.1, 0.15) is 22.8 Å². The Labute approximate surface area is 118 Å². The van der Waals surface area contributed by atoms with Gasteiger partial charge in [-0.15, -0.1) is 0 Å². The van der Waals surface area contributed by atoms with E-state index in [1.165, 1.54) is 12.1 Å². The minimum atomic E-state index is -1.00. The molecule has 0 amide bonds. The van der Waals surface area contributed by atoms with Crippen LogP contribution in [0.4, 0.5) is 4.39 Å². The van der Waals surface area contributed by atoms with Crippen molar-refractivity contribution in [2.45, 2.75) is 13.0 Å². The van der Waals surface area contributed by atoms with Crippen LogP contribution in [0.2, 0.25) is 5.02 Å². The van der Waals surface area contributed by atoms with Gasteiger partial charge in [-0.3, -0.25) is 0 Å². The molecule has 0 radical (unpaired) electrons. The molecule has 94 valence electrons. The van der Waals surface area contributed by atoms with E-state index in [-0.39, 0.29) is 5.56 Å². The molecule has 0 heterocycles. The topological polar surface area (TPSA) is 20.2 Å². The van der Waals surface area contributed by atoms with Crippen molar-refractivity contribution in [3.8, 4) is 0 Å². The second kappa shape index (κ2) is 5.39. The average Bonchev–Trinajstić information content (AvgIpc) is 2.31. The van der Waals surface area contributed by atoms with E-state index in [4.69, 9.17) is 11.6 Å². The number of aliphatic hydroxyl groups is 1. The summed E-state index contributed by atoms with van der Waals surface area (Å²) in [7, 11) is 0. The summed E-state index contributed by atoms with van der Waals surface area (Å²) in [6.07, 6.45) is -1.00. The molecule has 0 aliphatic heterocycles. The predicted molar refractivity (Wildman–Crippen MR) is 74.4 cm³/mol. The maximum Gasteiger partial charge on any atom is 0.130 e. The van der Waals surface area contributed by atoms with Crippen molar-refractivity contribution in [1.82, 2.24) is 0 Å². The summed E-state index contributed by atoms with van der Waals surface area (Å²) in [4.78, 5) is 0. The molecule has 0 aromatic heterocycles. The van der Waals surface area contributed by atoms with Gasteiger partial charge in [0, 0.05) is 15.1 Å². The normalized spacial score (nSPS) is 12.5. The van der Waals surface area contributed by atoms with E-state index >= 15 is 0 Å². The Morgan fingerprint density at radius 3 is 2.56 bits per heavy atom. The van der Waals surface area contributed by atoms with Gasteiger partial charge in [0.1, 0.15) is 11.9 Å². The van der Waals surface area contributed by atoms with E-state index in [0.29, 0.717) is 10.6 Å². The summed E-state index contributed by atoms with van der Waals surface area (Å²) in [6.45, 7) is 1.87. The second-order valence-electron chi connectivity index (χ2n) is 4.07. The minimum absolute atomic E-state index is 0.223. The van der Waals surface area contributed by atoms with Crippen LogP contribution in [-0.2, 0) is 0 Å². The van der Waals surface area contributed by atoms with Crippen molar-refractivity contribution in [3.05, 3.63) is 68.4 Å². The molecule has 1 nitrogen and oxygen atoms in total. The first-order valence-corrected chi connectivity index (χ1v) is 6.55. The van der Waals surface area contributed by atoms with E-state index in [9.17, 15) is 9.50 Å². The molecule has 0 fully saturated rings. The van der Waals surface area contributed by atoms with Gasteiger partial charge in [-0.05, 0) is 42.3 Å². The van der Waals surface area contributed by atoms with Crippen LogP contribution in [0.5, 0.6) is 0 Å². The highest BCUT2D eigenvalue weighted by atomic mass is 79.9. The lowest BCUT2D eigenvalue weighted by molar-refractivity contribution is 0.214. The first-order valence-electron chi connectivity index (χ1n) is 5.38. The zero-order valence-corrected chi connectivity index (χ0v) is 12.0. The predicted octanol–water partition coefficient (Wildman–Crippen LogP) is 4.63. The Morgan fingerprint density at radius 1 is 1.17 bits per heavy atom. The molecule has 0 aliphatic carbocycles. The summed E-state index contributed by atoms with van der Waals surface area (Å²) in [5.74, 6) is -0.505. The molecule has 18 heavy (non-hydrogen) atoms. The van der Waals surface area contributed by atoms with Crippen LogP contribution in [0.15, 0.2) is 40.9 Å². The van der Waals surface area contributed by atoms with Gasteiger partial charge in [0.15, 0.2) is 0 Å². The monoisotopic (exact) mass is 328 g/mol. The van der Waals surface area contributed by atoms with Crippen LogP contribution in [0.3, 0.4) is 0 Å². The quantitative estimate of drug-likeness (QED) is 0.851. The zero-order chi connectivity index (χ0) is 13.3. The van der Waals surface area contributed by atoms with Crippen molar-refractivity contribution in [3.63, 3.8) is 0 Å². The fourth-order valence-corrected chi connectivity index (χ4v) is 2.33. The smallest absolute Gasteiger partial charge is 0.130 e. The van der Waals surface area contributed by atoms with E-state index in [1.807, 2.05) is 19.1 Å². The molecule has 0 saturated heterocycles. The van der Waals surface area contributed by atoms with Gasteiger partial charge in [0.25, 0.3) is 0 Å². The largest absolute Gasteiger partial charge is 0.384 e. The van der Waals surface area contributed by atoms with Gasteiger partial charge in [0.2, 0.25) is 0 Å². The van der Waals surface area contributed by atoms with E-state index < -0.39 is 11.9 Å². The standard InChI is InChI=1S/C14H11BrClFO/c1-8-2-3-9(15)6-12(8)14(18)11-5-4-10(16)7-13(11)17/h2-7,14,18H,1H3. The van der Waals surface area contributed by atoms with Crippen molar-refractivity contribution in [1.29, 1.82) is 0 Å². The highest BCUT2D eigenvalue weighted by Crippen LogP contribution is 2.29. The van der Waals surface area contributed by atoms with Crippen LogP contribution in [0, 0.1) is 12.7 Å². The van der Waals surface area contributed by atoms with Crippen molar-refractivity contribution >= 4 is 27.5 Å². The molecule has 0 saturated carbocycles. The van der Waals surface area contributed by atoms with E-state index in [1.54, 1.807) is 12.1 Å². The first-order chi connectivity index (χ1) is 8.49. The molecule has 0 spiro atoms. The highest BCUT2D eigenvalue weighted by Gasteiger charge is 2.17. The summed E-state index contributed by atoms with van der Waals surface area (Å²) >= 11 is 9.04. The lowest BCUT2D eigenvalue weighted by Gasteiger charge is -2.15. The van der Waals surface area contributed by atoms with Crippen LogP contribution < -0.4 is 0 Å². The third-order valence-electron chi connectivity index (χ3n) is 2.79. The highest BCUT2D eigenvalue weighted by molar-refractivity contribution is 9.10. The van der Waals surface area contributed by atoms with Gasteiger partial charge < -0.3 is 5.11 Å². The first kappa shape index (κ1) is 13.5. The summed E-state index contributed by atoms with van der Waals surface area (Å²) in [5, 5.41) is 10.6. The summed E-state index contributed by atoms with van der Waals surface area (Å²) < 4.78 is 14.6. The Balaban J connectivity index is 2.47. The lowest BCUT2D eigenvalue weighted by Crippen LogP contribution is -2.04. The fourth-order valence-electron chi connectivity index (χ4n) is 1.80. The molecular weight excluding hydrogens is 319 g/mol. The van der Waals surface area contributed by atoms with Gasteiger partial charge in [-0.1, -0.05) is 39.7 Å². The Hall–Kier alpha value is -0.900. The molecule has 4 heteroatoms. The molecule has 1 unspecified atom stereocenters. The average molecular weight is 330 g/mol. The maximum atomic E-state index is 13.8. The van der Waals surface area contributed by atoms with E-state index in [0.717, 1.165) is 10.0 Å². The van der Waals surface area contributed by atoms with Gasteiger partial charge in [-0.25, -0.2) is 4.39 Å². The maximum absolute atomic E-state index is 13.8. The Morgan fingerprint density at radius 2 is 1.89 bits per heavy atom. The molecule has 2 rings (SSSR count). The number of aryl methyl sites for hydroxylation is 1. The fraction of sp³-hybridized carbons (Fsp3) is 0.143. The molecule has 2 aromatic carbocycles. The van der Waals surface area contributed by atoms with Crippen molar-refractivity contribution < 1.29 is 9.50 Å².